The lowest BCUT2D eigenvalue weighted by Crippen LogP contribution is -2.48. The van der Waals surface area contributed by atoms with Crippen molar-refractivity contribution in [2.45, 2.75) is 78.4 Å². The standard InChI is InChI=1S/C30H43N5O6/c1-18-15-35(19(2)17-36)27(37)14-23-13-24(31-29(38)22-9-7-6-8-10-22)11-12-25(23)40-26(18)16-34(5)30(39)32-28-20(3)33-41-21(28)4/h11-13,18-19,22,26,36H,6-10,14-17H2,1-5H3,(H,31,38)(H,32,39)/t18-,19+,26+/m1/s1. The highest BCUT2D eigenvalue weighted by Crippen LogP contribution is 2.31. The van der Waals surface area contributed by atoms with Gasteiger partial charge in [0.2, 0.25) is 11.8 Å². The van der Waals surface area contributed by atoms with Gasteiger partial charge in [-0.15, -0.1) is 0 Å². The molecule has 3 N–H and O–H groups in total. The number of aliphatic hydroxyl groups is 1. The van der Waals surface area contributed by atoms with Gasteiger partial charge in [0.15, 0.2) is 5.76 Å². The molecule has 1 fully saturated rings. The first-order valence-corrected chi connectivity index (χ1v) is 14.5. The summed E-state index contributed by atoms with van der Waals surface area (Å²) in [5.74, 6) is 0.758. The second kappa shape index (κ2) is 13.4. The number of aryl methyl sites for hydroxylation is 2. The number of amides is 4. The van der Waals surface area contributed by atoms with Crippen LogP contribution in [0.15, 0.2) is 22.7 Å². The highest BCUT2D eigenvalue weighted by Gasteiger charge is 2.32. The van der Waals surface area contributed by atoms with E-state index < -0.39 is 6.10 Å². The van der Waals surface area contributed by atoms with Crippen LogP contribution < -0.4 is 15.4 Å². The van der Waals surface area contributed by atoms with Crippen molar-refractivity contribution in [3.63, 3.8) is 0 Å². The molecule has 1 aliphatic heterocycles. The first kappa shape index (κ1) is 30.4. The second-order valence-electron chi connectivity index (χ2n) is 11.5. The SMILES string of the molecule is Cc1noc(C)c1NC(=O)N(C)C[C@@H]1Oc2ccc(NC(=O)C3CCCCC3)cc2CC(=O)N([C@@H](C)CO)C[C@H]1C. The fraction of sp³-hybridized carbons (Fsp3) is 0.600. The summed E-state index contributed by atoms with van der Waals surface area (Å²) in [5, 5.41) is 19.7. The van der Waals surface area contributed by atoms with E-state index in [4.69, 9.17) is 9.26 Å². The summed E-state index contributed by atoms with van der Waals surface area (Å²) in [6.45, 7) is 7.69. The van der Waals surface area contributed by atoms with E-state index in [0.29, 0.717) is 40.7 Å². The van der Waals surface area contributed by atoms with Crippen LogP contribution in [-0.4, -0.2) is 76.8 Å². The summed E-state index contributed by atoms with van der Waals surface area (Å²) in [7, 11) is 1.68. The third kappa shape index (κ3) is 7.38. The summed E-state index contributed by atoms with van der Waals surface area (Å²) in [6, 6.07) is 4.66. The number of anilines is 2. The number of nitrogens with one attached hydrogen (secondary N) is 2. The number of hydrogen-bond donors (Lipinski definition) is 3. The summed E-state index contributed by atoms with van der Waals surface area (Å²) in [4.78, 5) is 42.6. The van der Waals surface area contributed by atoms with Crippen molar-refractivity contribution in [3.8, 4) is 5.75 Å². The zero-order valence-electron chi connectivity index (χ0n) is 24.7. The van der Waals surface area contributed by atoms with Crippen LogP contribution in [0, 0.1) is 25.7 Å². The molecule has 1 saturated carbocycles. The maximum atomic E-state index is 13.5. The summed E-state index contributed by atoms with van der Waals surface area (Å²) in [5.41, 5.74) is 2.39. The van der Waals surface area contributed by atoms with Gasteiger partial charge in [-0.3, -0.25) is 9.59 Å². The third-order valence-corrected chi connectivity index (χ3v) is 8.23. The van der Waals surface area contributed by atoms with Crippen molar-refractivity contribution in [2.75, 3.05) is 37.4 Å². The molecular formula is C30H43N5O6. The van der Waals surface area contributed by atoms with Gasteiger partial charge in [-0.2, -0.15) is 0 Å². The third-order valence-electron chi connectivity index (χ3n) is 8.23. The van der Waals surface area contributed by atoms with Gasteiger partial charge in [0, 0.05) is 36.7 Å². The predicted molar refractivity (Wildman–Crippen MR) is 155 cm³/mol. The number of benzene rings is 1. The molecule has 224 valence electrons. The van der Waals surface area contributed by atoms with E-state index in [9.17, 15) is 19.5 Å². The lowest BCUT2D eigenvalue weighted by Gasteiger charge is -2.34. The Hall–Kier alpha value is -3.60. The number of nitrogens with zero attached hydrogens (tertiary/aromatic N) is 3. The van der Waals surface area contributed by atoms with Crippen LogP contribution in [0.3, 0.4) is 0 Å². The molecule has 0 bridgehead atoms. The Bertz CT molecular complexity index is 1220. The highest BCUT2D eigenvalue weighted by molar-refractivity contribution is 5.93. The monoisotopic (exact) mass is 569 g/mol. The molecule has 4 amide bonds. The zero-order chi connectivity index (χ0) is 29.7. The van der Waals surface area contributed by atoms with Gasteiger partial charge in [0.25, 0.3) is 0 Å². The Morgan fingerprint density at radius 1 is 1.20 bits per heavy atom. The van der Waals surface area contributed by atoms with Crippen LogP contribution >= 0.6 is 0 Å². The van der Waals surface area contributed by atoms with Crippen LogP contribution in [-0.2, 0) is 16.0 Å². The Labute approximate surface area is 241 Å². The quantitative estimate of drug-likeness (QED) is 0.456. The first-order valence-electron chi connectivity index (χ1n) is 14.5. The van der Waals surface area contributed by atoms with Crippen LogP contribution in [0.1, 0.15) is 63.0 Å². The molecule has 2 heterocycles. The Kier molecular flexibility index (Phi) is 9.90. The van der Waals surface area contributed by atoms with Crippen LogP contribution in [0.4, 0.5) is 16.2 Å². The van der Waals surface area contributed by atoms with Crippen LogP contribution in [0.25, 0.3) is 0 Å². The molecule has 1 aromatic heterocycles. The van der Waals surface area contributed by atoms with Crippen molar-refractivity contribution in [1.29, 1.82) is 0 Å². The smallest absolute Gasteiger partial charge is 0.321 e. The van der Waals surface area contributed by atoms with E-state index in [0.717, 1.165) is 25.7 Å². The van der Waals surface area contributed by atoms with Crippen molar-refractivity contribution in [1.82, 2.24) is 15.0 Å². The number of hydrogen-bond acceptors (Lipinski definition) is 7. The molecule has 0 radical (unpaired) electrons. The molecule has 41 heavy (non-hydrogen) atoms. The average molecular weight is 570 g/mol. The van der Waals surface area contributed by atoms with Crippen molar-refractivity contribution >= 4 is 29.2 Å². The van der Waals surface area contributed by atoms with Gasteiger partial charge in [-0.1, -0.05) is 31.3 Å². The number of ether oxygens (including phenoxy) is 1. The van der Waals surface area contributed by atoms with Gasteiger partial charge in [-0.05, 0) is 51.8 Å². The largest absolute Gasteiger partial charge is 0.488 e. The normalized spacial score (nSPS) is 20.6. The Morgan fingerprint density at radius 3 is 2.59 bits per heavy atom. The minimum absolute atomic E-state index is 0.00468. The van der Waals surface area contributed by atoms with Gasteiger partial charge in [0.05, 0.1) is 25.6 Å². The number of aliphatic hydroxyl groups excluding tert-OH is 1. The van der Waals surface area contributed by atoms with E-state index in [1.54, 1.807) is 44.0 Å². The summed E-state index contributed by atoms with van der Waals surface area (Å²) in [6.07, 6.45) is 4.68. The molecule has 0 saturated heterocycles. The first-order chi connectivity index (χ1) is 19.6. The molecule has 11 heteroatoms. The summed E-state index contributed by atoms with van der Waals surface area (Å²) >= 11 is 0. The van der Waals surface area contributed by atoms with Crippen LogP contribution in [0.5, 0.6) is 5.75 Å². The number of carbonyl (C=O) groups is 3. The topological polar surface area (TPSA) is 137 Å². The Balaban J connectivity index is 1.57. The van der Waals surface area contributed by atoms with Crippen molar-refractivity contribution in [2.24, 2.45) is 11.8 Å². The molecule has 1 aromatic carbocycles. The number of likely N-dealkylation sites (N-methyl/N-ethyl adjacent to an activating group) is 1. The fourth-order valence-corrected chi connectivity index (χ4v) is 5.55. The average Bonchev–Trinajstić information content (AvgIpc) is 3.29. The van der Waals surface area contributed by atoms with Crippen molar-refractivity contribution < 1.29 is 28.8 Å². The molecule has 1 aliphatic carbocycles. The van der Waals surface area contributed by atoms with E-state index in [1.807, 2.05) is 13.8 Å². The van der Waals surface area contributed by atoms with E-state index >= 15 is 0 Å². The van der Waals surface area contributed by atoms with Gasteiger partial charge < -0.3 is 34.8 Å². The van der Waals surface area contributed by atoms with Gasteiger partial charge >= 0.3 is 6.03 Å². The second-order valence-corrected chi connectivity index (χ2v) is 11.5. The molecule has 0 spiro atoms. The molecule has 4 rings (SSSR count). The molecule has 11 nitrogen and oxygen atoms in total. The number of fused-ring (bicyclic) bond motifs is 1. The van der Waals surface area contributed by atoms with E-state index in [-0.39, 0.29) is 55.3 Å². The molecule has 2 aliphatic rings. The Morgan fingerprint density at radius 2 is 1.93 bits per heavy atom. The maximum absolute atomic E-state index is 13.5. The number of urea groups is 1. The number of carbonyl (C=O) groups excluding carboxylic acids is 3. The van der Waals surface area contributed by atoms with E-state index in [1.165, 1.54) is 11.3 Å². The minimum Gasteiger partial charge on any atom is -0.488 e. The fourth-order valence-electron chi connectivity index (χ4n) is 5.55. The van der Waals surface area contributed by atoms with Crippen molar-refractivity contribution in [3.05, 3.63) is 35.2 Å². The lowest BCUT2D eigenvalue weighted by molar-refractivity contribution is -0.134. The van der Waals surface area contributed by atoms with E-state index in [2.05, 4.69) is 15.8 Å². The number of rotatable bonds is 7. The van der Waals surface area contributed by atoms with Gasteiger partial charge in [0.1, 0.15) is 23.2 Å². The molecule has 0 unspecified atom stereocenters. The maximum Gasteiger partial charge on any atom is 0.321 e. The minimum atomic E-state index is -0.462. The van der Waals surface area contributed by atoms with Crippen LogP contribution in [0.2, 0.25) is 0 Å². The number of aromatic nitrogens is 1. The lowest BCUT2D eigenvalue weighted by atomic mass is 9.88. The predicted octanol–water partition coefficient (Wildman–Crippen LogP) is 4.12. The van der Waals surface area contributed by atoms with Gasteiger partial charge in [-0.25, -0.2) is 4.79 Å². The molecule has 3 atom stereocenters. The molecular weight excluding hydrogens is 526 g/mol. The highest BCUT2D eigenvalue weighted by atomic mass is 16.5. The summed E-state index contributed by atoms with van der Waals surface area (Å²) < 4.78 is 11.7. The zero-order valence-corrected chi connectivity index (χ0v) is 24.7. The molecule has 2 aromatic rings.